The standard InChI is InChI=1S/C13H7Cl2N5O4S2/c14-10-8(17-19-25-10)4-23-12(21)6-2-1-3-7(16-6)13(22)24-5-9-11(15)26-20-18-9/h1-3H,4-5H2. The van der Waals surface area contributed by atoms with Gasteiger partial charge < -0.3 is 9.47 Å². The van der Waals surface area contributed by atoms with Crippen LogP contribution < -0.4 is 0 Å². The number of hydrogen-bond donors (Lipinski definition) is 0. The van der Waals surface area contributed by atoms with Crippen LogP contribution in [-0.4, -0.2) is 36.1 Å². The Kier molecular flexibility index (Phi) is 6.04. The highest BCUT2D eigenvalue weighted by molar-refractivity contribution is 7.10. The second-order valence-corrected chi connectivity index (χ2v) is 7.26. The van der Waals surface area contributed by atoms with Crippen molar-refractivity contribution in [2.24, 2.45) is 0 Å². The van der Waals surface area contributed by atoms with Gasteiger partial charge in [0.15, 0.2) is 0 Å². The van der Waals surface area contributed by atoms with Gasteiger partial charge in [-0.3, -0.25) is 0 Å². The first-order chi connectivity index (χ1) is 12.5. The van der Waals surface area contributed by atoms with Gasteiger partial charge in [-0.25, -0.2) is 14.6 Å². The van der Waals surface area contributed by atoms with Gasteiger partial charge in [-0.1, -0.05) is 38.2 Å². The van der Waals surface area contributed by atoms with Crippen LogP contribution in [0, 0.1) is 0 Å². The van der Waals surface area contributed by atoms with Crippen molar-refractivity contribution in [3.05, 3.63) is 49.6 Å². The summed E-state index contributed by atoms with van der Waals surface area (Å²) in [4.78, 5) is 28.0. The van der Waals surface area contributed by atoms with E-state index in [1.54, 1.807) is 0 Å². The minimum atomic E-state index is -0.740. The predicted molar refractivity (Wildman–Crippen MR) is 92.3 cm³/mol. The number of aromatic nitrogens is 5. The number of esters is 2. The minimum Gasteiger partial charge on any atom is -0.454 e. The zero-order chi connectivity index (χ0) is 18.5. The van der Waals surface area contributed by atoms with E-state index >= 15 is 0 Å². The third-order valence-electron chi connectivity index (χ3n) is 2.87. The van der Waals surface area contributed by atoms with Crippen LogP contribution in [0.25, 0.3) is 0 Å². The number of carbonyl (C=O) groups is 2. The van der Waals surface area contributed by atoms with E-state index in [9.17, 15) is 9.59 Å². The maximum Gasteiger partial charge on any atom is 0.357 e. The van der Waals surface area contributed by atoms with Crippen molar-refractivity contribution in [3.63, 3.8) is 0 Å². The molecule has 0 unspecified atom stereocenters. The van der Waals surface area contributed by atoms with E-state index in [1.807, 2.05) is 0 Å². The lowest BCUT2D eigenvalue weighted by atomic mass is 10.3. The summed E-state index contributed by atoms with van der Waals surface area (Å²) in [6.45, 7) is -0.306. The highest BCUT2D eigenvalue weighted by Gasteiger charge is 2.17. The molecule has 0 saturated heterocycles. The number of halogens is 2. The molecule has 0 aliphatic rings. The van der Waals surface area contributed by atoms with Crippen LogP contribution in [0.2, 0.25) is 8.67 Å². The normalized spacial score (nSPS) is 10.5. The smallest absolute Gasteiger partial charge is 0.357 e. The molecule has 0 aliphatic carbocycles. The highest BCUT2D eigenvalue weighted by Crippen LogP contribution is 2.19. The molecular weight excluding hydrogens is 425 g/mol. The molecule has 3 aromatic rings. The van der Waals surface area contributed by atoms with Gasteiger partial charge in [-0.05, 0) is 12.1 Å². The first-order valence-corrected chi connectivity index (χ1v) is 9.09. The van der Waals surface area contributed by atoms with Gasteiger partial charge >= 0.3 is 11.9 Å². The summed E-state index contributed by atoms with van der Waals surface area (Å²) in [7, 11) is 0. The molecule has 3 aromatic heterocycles. The van der Waals surface area contributed by atoms with Crippen LogP contribution in [0.4, 0.5) is 0 Å². The maximum absolute atomic E-state index is 12.1. The maximum atomic E-state index is 12.1. The summed E-state index contributed by atoms with van der Waals surface area (Å²) in [6.07, 6.45) is 0. The number of nitrogens with zero attached hydrogens (tertiary/aromatic N) is 5. The molecule has 0 saturated carbocycles. The van der Waals surface area contributed by atoms with E-state index in [2.05, 4.69) is 24.2 Å². The van der Waals surface area contributed by atoms with Crippen molar-refractivity contribution in [2.45, 2.75) is 13.2 Å². The van der Waals surface area contributed by atoms with Crippen LogP contribution in [0.1, 0.15) is 32.4 Å². The van der Waals surface area contributed by atoms with Gasteiger partial charge in [-0.15, -0.1) is 10.2 Å². The van der Waals surface area contributed by atoms with Gasteiger partial charge in [-0.2, -0.15) is 0 Å². The SMILES string of the molecule is O=C(OCc1nnsc1Cl)c1cccc(C(=O)OCc2nnsc2Cl)n1. The summed E-state index contributed by atoms with van der Waals surface area (Å²) >= 11 is 13.6. The first-order valence-electron chi connectivity index (χ1n) is 6.79. The molecule has 9 nitrogen and oxygen atoms in total. The van der Waals surface area contributed by atoms with Crippen molar-refractivity contribution < 1.29 is 19.1 Å². The monoisotopic (exact) mass is 431 g/mol. The molecule has 0 amide bonds. The minimum absolute atomic E-state index is 0.0629. The predicted octanol–water partition coefficient (Wildman–Crippen LogP) is 2.81. The topological polar surface area (TPSA) is 117 Å². The summed E-state index contributed by atoms with van der Waals surface area (Å²) in [6, 6.07) is 4.29. The first kappa shape index (κ1) is 18.6. The molecule has 13 heteroatoms. The van der Waals surface area contributed by atoms with E-state index in [0.29, 0.717) is 20.1 Å². The second-order valence-electron chi connectivity index (χ2n) is 4.55. The molecular formula is C13H7Cl2N5O4S2. The second kappa shape index (κ2) is 8.45. The Morgan fingerprint density at radius 2 is 1.35 bits per heavy atom. The van der Waals surface area contributed by atoms with Crippen LogP contribution in [0.15, 0.2) is 18.2 Å². The molecule has 0 radical (unpaired) electrons. The van der Waals surface area contributed by atoms with Crippen molar-refractivity contribution in [3.8, 4) is 0 Å². The van der Waals surface area contributed by atoms with Gasteiger partial charge in [0.05, 0.1) is 0 Å². The van der Waals surface area contributed by atoms with Crippen LogP contribution in [-0.2, 0) is 22.7 Å². The zero-order valence-corrected chi connectivity index (χ0v) is 15.7. The van der Waals surface area contributed by atoms with Gasteiger partial charge in [0, 0.05) is 23.1 Å². The van der Waals surface area contributed by atoms with Gasteiger partial charge in [0.2, 0.25) is 0 Å². The Balaban J connectivity index is 1.61. The quantitative estimate of drug-likeness (QED) is 0.542. The van der Waals surface area contributed by atoms with Crippen molar-refractivity contribution in [1.29, 1.82) is 0 Å². The Morgan fingerprint density at radius 3 is 1.73 bits per heavy atom. The molecule has 0 bridgehead atoms. The molecule has 0 aromatic carbocycles. The molecule has 0 atom stereocenters. The highest BCUT2D eigenvalue weighted by atomic mass is 35.5. The number of pyridine rings is 1. The van der Waals surface area contributed by atoms with Crippen molar-refractivity contribution in [1.82, 2.24) is 24.2 Å². The Hall–Kier alpha value is -2.21. The fourth-order valence-electron chi connectivity index (χ4n) is 1.64. The fraction of sp³-hybridized carbons (Fsp3) is 0.154. The summed E-state index contributed by atoms with van der Waals surface area (Å²) in [5.41, 5.74) is 0.558. The van der Waals surface area contributed by atoms with Gasteiger partial charge in [0.25, 0.3) is 0 Å². The van der Waals surface area contributed by atoms with E-state index in [0.717, 1.165) is 23.1 Å². The van der Waals surface area contributed by atoms with Crippen LogP contribution in [0.3, 0.4) is 0 Å². The Bertz CT molecular complexity index is 877. The van der Waals surface area contributed by atoms with Crippen molar-refractivity contribution in [2.75, 3.05) is 0 Å². The summed E-state index contributed by atoms with van der Waals surface area (Å²) < 4.78 is 18.0. The molecule has 0 fully saturated rings. The van der Waals surface area contributed by atoms with Crippen LogP contribution in [0.5, 0.6) is 0 Å². The number of rotatable bonds is 6. The fourth-order valence-corrected chi connectivity index (χ4v) is 2.85. The Labute approximate surface area is 164 Å². The third-order valence-corrected chi connectivity index (χ3v) is 4.83. The zero-order valence-electron chi connectivity index (χ0n) is 12.6. The number of carbonyl (C=O) groups excluding carboxylic acids is 2. The molecule has 26 heavy (non-hydrogen) atoms. The lowest BCUT2D eigenvalue weighted by molar-refractivity contribution is 0.0451. The molecule has 0 N–H and O–H groups in total. The molecule has 3 heterocycles. The lowest BCUT2D eigenvalue weighted by Crippen LogP contribution is -2.13. The van der Waals surface area contributed by atoms with E-state index < -0.39 is 11.9 Å². The number of hydrogen-bond acceptors (Lipinski definition) is 11. The third kappa shape index (κ3) is 4.49. The average Bonchev–Trinajstić information content (AvgIpc) is 3.25. The van der Waals surface area contributed by atoms with Crippen molar-refractivity contribution >= 4 is 58.2 Å². The molecule has 3 rings (SSSR count). The molecule has 134 valence electrons. The van der Waals surface area contributed by atoms with E-state index in [4.69, 9.17) is 32.7 Å². The Morgan fingerprint density at radius 1 is 0.885 bits per heavy atom. The van der Waals surface area contributed by atoms with Gasteiger partial charge in [0.1, 0.15) is 44.7 Å². The number of ether oxygens (including phenoxy) is 2. The summed E-state index contributed by atoms with van der Waals surface area (Å²) in [5, 5.41) is 7.45. The summed E-state index contributed by atoms with van der Waals surface area (Å²) in [5.74, 6) is -1.48. The lowest BCUT2D eigenvalue weighted by Gasteiger charge is -2.05. The average molecular weight is 432 g/mol. The van der Waals surface area contributed by atoms with E-state index in [-0.39, 0.29) is 24.6 Å². The molecule has 0 spiro atoms. The van der Waals surface area contributed by atoms with Crippen LogP contribution >= 0.6 is 46.3 Å². The largest absolute Gasteiger partial charge is 0.454 e. The van der Waals surface area contributed by atoms with E-state index in [1.165, 1.54) is 18.2 Å². The molecule has 0 aliphatic heterocycles.